The van der Waals surface area contributed by atoms with Crippen LogP contribution in [-0.2, 0) is 6.54 Å². The fourth-order valence-electron chi connectivity index (χ4n) is 3.66. The molecule has 13 heteroatoms. The van der Waals surface area contributed by atoms with Gasteiger partial charge in [0.1, 0.15) is 5.69 Å². The average Bonchev–Trinajstić information content (AvgIpc) is 3.63. The first-order valence-corrected chi connectivity index (χ1v) is 11.2. The van der Waals surface area contributed by atoms with Crippen LogP contribution in [0.5, 0.6) is 0 Å². The van der Waals surface area contributed by atoms with Gasteiger partial charge in [0.2, 0.25) is 11.6 Å². The largest absolute Gasteiger partial charge is 0.378 e. The molecule has 0 bridgehead atoms. The Kier molecular flexibility index (Phi) is 6.50. The van der Waals surface area contributed by atoms with Crippen LogP contribution in [0.4, 0.5) is 5.82 Å². The van der Waals surface area contributed by atoms with E-state index in [2.05, 4.69) is 35.8 Å². The first kappa shape index (κ1) is 23.6. The molecule has 0 aliphatic carbocycles. The lowest BCUT2D eigenvalue weighted by Crippen LogP contribution is -2.23. The number of nitrogens with one attached hydrogen (secondary N) is 1. The van der Waals surface area contributed by atoms with Gasteiger partial charge in [-0.1, -0.05) is 53.7 Å². The minimum Gasteiger partial charge on any atom is -0.378 e. The van der Waals surface area contributed by atoms with Gasteiger partial charge in [0, 0.05) is 23.9 Å². The lowest BCUT2D eigenvalue weighted by atomic mass is 10.1. The van der Waals surface area contributed by atoms with Crippen LogP contribution >= 0.6 is 0 Å². The fourth-order valence-corrected chi connectivity index (χ4v) is 3.66. The Labute approximate surface area is 211 Å². The Hall–Kier alpha value is -5.17. The Bertz CT molecular complexity index is 1540. The van der Waals surface area contributed by atoms with E-state index in [0.29, 0.717) is 17.8 Å². The summed E-state index contributed by atoms with van der Waals surface area (Å²) in [7, 11) is 3.69. The Balaban J connectivity index is 1.43. The second kappa shape index (κ2) is 10.2. The van der Waals surface area contributed by atoms with Crippen molar-refractivity contribution in [3.05, 3.63) is 83.8 Å². The molecule has 0 unspecified atom stereocenters. The molecule has 1 amide bonds. The van der Waals surface area contributed by atoms with E-state index < -0.39 is 5.91 Å². The van der Waals surface area contributed by atoms with Crippen molar-refractivity contribution in [2.24, 2.45) is 5.10 Å². The number of carbonyl (C=O) groups is 1. The summed E-state index contributed by atoms with van der Waals surface area (Å²) >= 11 is 0. The molecule has 0 saturated carbocycles. The van der Waals surface area contributed by atoms with Gasteiger partial charge in [0.25, 0.3) is 5.91 Å². The number of hydrogen-bond acceptors (Lipinski definition) is 10. The molecule has 5 rings (SSSR count). The highest BCUT2D eigenvalue weighted by Gasteiger charge is 2.24. The number of anilines is 1. The van der Waals surface area contributed by atoms with Crippen molar-refractivity contribution >= 4 is 17.9 Å². The smallest absolute Gasteiger partial charge is 0.293 e. The van der Waals surface area contributed by atoms with Crippen LogP contribution < -0.4 is 11.2 Å². The molecule has 13 nitrogen and oxygen atoms in total. The third-order valence-corrected chi connectivity index (χ3v) is 5.32. The summed E-state index contributed by atoms with van der Waals surface area (Å²) in [5, 5.41) is 24.3. The van der Waals surface area contributed by atoms with Crippen molar-refractivity contribution in [1.29, 1.82) is 0 Å². The number of hydrazone groups is 1. The SMILES string of the molecule is CN(C)Cc1c(C(=O)NN=Cc2cn(-c3ccccc3)nc2-c2ccccc2)nnn1-c1nonc1N. The van der Waals surface area contributed by atoms with E-state index in [9.17, 15) is 4.79 Å². The number of amides is 1. The molecule has 0 spiro atoms. The average molecular weight is 498 g/mol. The molecule has 0 aliphatic heterocycles. The molecule has 0 atom stereocenters. The molecular weight excluding hydrogens is 474 g/mol. The maximum Gasteiger partial charge on any atom is 0.293 e. The quantitative estimate of drug-likeness (QED) is 0.241. The molecule has 0 aliphatic rings. The normalized spacial score (nSPS) is 11.4. The number of nitrogens with zero attached hydrogens (tertiary/aromatic N) is 9. The Morgan fingerprint density at radius 1 is 1.11 bits per heavy atom. The van der Waals surface area contributed by atoms with Gasteiger partial charge in [-0.2, -0.15) is 14.9 Å². The standard InChI is InChI=1S/C24H23N11O2/c1-33(2)15-19-21(27-32-35(19)23-22(25)30-37-31-23)24(36)28-26-13-17-14-34(18-11-7-4-8-12-18)29-20(17)16-9-5-3-6-10-16/h3-14H,15H2,1-2H3,(H2,25,30)(H,28,36). The van der Waals surface area contributed by atoms with Gasteiger partial charge in [-0.15, -0.1) is 5.10 Å². The summed E-state index contributed by atoms with van der Waals surface area (Å²) in [5.74, 6) is -0.377. The molecule has 3 heterocycles. The number of hydrogen-bond donors (Lipinski definition) is 2. The highest BCUT2D eigenvalue weighted by Crippen LogP contribution is 2.22. The predicted molar refractivity (Wildman–Crippen MR) is 135 cm³/mol. The van der Waals surface area contributed by atoms with Gasteiger partial charge < -0.3 is 10.6 Å². The highest BCUT2D eigenvalue weighted by molar-refractivity contribution is 5.95. The van der Waals surface area contributed by atoms with E-state index in [1.165, 1.54) is 4.68 Å². The van der Waals surface area contributed by atoms with Crippen molar-refractivity contribution in [3.63, 3.8) is 0 Å². The lowest BCUT2D eigenvalue weighted by Gasteiger charge is -2.11. The molecule has 3 N–H and O–H groups in total. The van der Waals surface area contributed by atoms with Crippen LogP contribution in [0.3, 0.4) is 0 Å². The zero-order chi connectivity index (χ0) is 25.8. The summed E-state index contributed by atoms with van der Waals surface area (Å²) in [6.45, 7) is 0.327. The van der Waals surface area contributed by atoms with Gasteiger partial charge in [-0.25, -0.2) is 14.7 Å². The van der Waals surface area contributed by atoms with Crippen LogP contribution in [-0.4, -0.2) is 66.2 Å². The number of carbonyl (C=O) groups excluding carboxylic acids is 1. The van der Waals surface area contributed by atoms with Crippen LogP contribution in [0.2, 0.25) is 0 Å². The zero-order valence-electron chi connectivity index (χ0n) is 20.1. The summed E-state index contributed by atoms with van der Waals surface area (Å²) in [5.41, 5.74) is 12.1. The first-order chi connectivity index (χ1) is 18.0. The molecular formula is C24H23N11O2. The predicted octanol–water partition coefficient (Wildman–Crippen LogP) is 1.91. The van der Waals surface area contributed by atoms with Gasteiger partial charge >= 0.3 is 0 Å². The Morgan fingerprint density at radius 3 is 2.51 bits per heavy atom. The number of benzene rings is 2. The molecule has 0 radical (unpaired) electrons. The van der Waals surface area contributed by atoms with Crippen LogP contribution in [0, 0.1) is 0 Å². The van der Waals surface area contributed by atoms with E-state index >= 15 is 0 Å². The molecule has 0 fully saturated rings. The number of aromatic nitrogens is 7. The molecule has 5 aromatic rings. The lowest BCUT2D eigenvalue weighted by molar-refractivity contribution is 0.0948. The first-order valence-electron chi connectivity index (χ1n) is 11.2. The third-order valence-electron chi connectivity index (χ3n) is 5.32. The molecule has 37 heavy (non-hydrogen) atoms. The fraction of sp³-hybridized carbons (Fsp3) is 0.125. The number of para-hydroxylation sites is 1. The third kappa shape index (κ3) is 4.97. The molecule has 186 valence electrons. The second-order valence-corrected chi connectivity index (χ2v) is 8.29. The number of nitrogens with two attached hydrogens (primary N) is 1. The van der Waals surface area contributed by atoms with E-state index in [1.807, 2.05) is 85.9 Å². The minimum absolute atomic E-state index is 0.0266. The van der Waals surface area contributed by atoms with Crippen LogP contribution in [0.1, 0.15) is 21.7 Å². The number of rotatable bonds is 8. The van der Waals surface area contributed by atoms with Crippen LogP contribution in [0.15, 0.2) is 76.6 Å². The maximum absolute atomic E-state index is 13.0. The van der Waals surface area contributed by atoms with E-state index in [0.717, 1.165) is 16.9 Å². The minimum atomic E-state index is -0.550. The monoisotopic (exact) mass is 497 g/mol. The molecule has 2 aromatic carbocycles. The maximum atomic E-state index is 13.0. The Morgan fingerprint density at radius 2 is 1.84 bits per heavy atom. The van der Waals surface area contributed by atoms with Gasteiger partial charge in [-0.05, 0) is 36.5 Å². The van der Waals surface area contributed by atoms with E-state index in [4.69, 9.17) is 10.8 Å². The van der Waals surface area contributed by atoms with Crippen molar-refractivity contribution < 1.29 is 9.42 Å². The van der Waals surface area contributed by atoms with Gasteiger partial charge in [0.15, 0.2) is 5.69 Å². The zero-order valence-corrected chi connectivity index (χ0v) is 20.1. The topological polar surface area (TPSA) is 158 Å². The van der Waals surface area contributed by atoms with Gasteiger partial charge in [-0.3, -0.25) is 4.79 Å². The van der Waals surface area contributed by atoms with Crippen molar-refractivity contribution in [2.75, 3.05) is 19.8 Å². The van der Waals surface area contributed by atoms with Crippen molar-refractivity contribution in [3.8, 4) is 22.8 Å². The summed E-state index contributed by atoms with van der Waals surface area (Å²) in [6.07, 6.45) is 3.39. The number of nitrogen functional groups attached to an aromatic ring is 1. The highest BCUT2D eigenvalue weighted by atomic mass is 16.6. The van der Waals surface area contributed by atoms with E-state index in [-0.39, 0.29) is 17.3 Å². The summed E-state index contributed by atoms with van der Waals surface area (Å²) in [6, 6.07) is 19.5. The molecule has 3 aromatic heterocycles. The second-order valence-electron chi connectivity index (χ2n) is 8.29. The van der Waals surface area contributed by atoms with Gasteiger partial charge in [0.05, 0.1) is 17.6 Å². The van der Waals surface area contributed by atoms with Crippen molar-refractivity contribution in [2.45, 2.75) is 6.54 Å². The summed E-state index contributed by atoms with van der Waals surface area (Å²) < 4.78 is 7.75. The summed E-state index contributed by atoms with van der Waals surface area (Å²) in [4.78, 5) is 14.9. The molecule has 0 saturated heterocycles. The van der Waals surface area contributed by atoms with Crippen LogP contribution in [0.25, 0.3) is 22.8 Å². The van der Waals surface area contributed by atoms with E-state index in [1.54, 1.807) is 10.9 Å². The van der Waals surface area contributed by atoms with Crippen molar-refractivity contribution in [1.82, 2.24) is 45.4 Å².